The van der Waals surface area contributed by atoms with Gasteiger partial charge in [0.15, 0.2) is 6.10 Å². The van der Waals surface area contributed by atoms with Crippen LogP contribution in [0.25, 0.3) is 0 Å². The van der Waals surface area contributed by atoms with Crippen molar-refractivity contribution in [1.29, 1.82) is 0 Å². The molecule has 7 nitrogen and oxygen atoms in total. The highest BCUT2D eigenvalue weighted by molar-refractivity contribution is 6.07. The molecule has 2 amide bonds. The van der Waals surface area contributed by atoms with E-state index in [4.69, 9.17) is 14.2 Å². The van der Waals surface area contributed by atoms with E-state index < -0.39 is 6.10 Å². The summed E-state index contributed by atoms with van der Waals surface area (Å²) < 4.78 is 16.8. The number of para-hydroxylation sites is 2. The lowest BCUT2D eigenvalue weighted by molar-refractivity contribution is -0.125. The minimum absolute atomic E-state index is 0.164. The molecule has 4 rings (SSSR count). The van der Waals surface area contributed by atoms with E-state index in [9.17, 15) is 9.59 Å². The third kappa shape index (κ3) is 4.51. The quantitative estimate of drug-likeness (QED) is 0.607. The minimum Gasteiger partial charge on any atom is -0.496 e. The van der Waals surface area contributed by atoms with Crippen LogP contribution in [0.4, 0.5) is 11.4 Å². The standard InChI is InChI=1S/C25H24N2O5/c1-17-25(29)27(14-15-31-19-8-4-3-5-9-19)21-16-18(12-13-23(21)32-17)26-24(28)20-10-6-7-11-22(20)30-2/h3-13,16-17H,14-15H2,1-2H3,(H,26,28). The van der Waals surface area contributed by atoms with Crippen LogP contribution in [0.3, 0.4) is 0 Å². The molecule has 164 valence electrons. The van der Waals surface area contributed by atoms with Crippen molar-refractivity contribution in [2.24, 2.45) is 0 Å². The molecule has 1 unspecified atom stereocenters. The first-order valence-corrected chi connectivity index (χ1v) is 10.3. The number of rotatable bonds is 7. The number of amides is 2. The molecule has 0 fully saturated rings. The maximum atomic E-state index is 12.8. The van der Waals surface area contributed by atoms with Gasteiger partial charge in [-0.15, -0.1) is 0 Å². The fraction of sp³-hybridized carbons (Fsp3) is 0.200. The fourth-order valence-corrected chi connectivity index (χ4v) is 3.52. The van der Waals surface area contributed by atoms with Gasteiger partial charge in [-0.3, -0.25) is 9.59 Å². The molecule has 0 saturated heterocycles. The van der Waals surface area contributed by atoms with Crippen molar-refractivity contribution in [3.8, 4) is 17.2 Å². The molecule has 7 heteroatoms. The number of benzene rings is 3. The number of fused-ring (bicyclic) bond motifs is 1. The van der Waals surface area contributed by atoms with Crippen LogP contribution in [-0.4, -0.2) is 38.2 Å². The Bertz CT molecular complexity index is 1120. The van der Waals surface area contributed by atoms with E-state index in [1.54, 1.807) is 54.3 Å². The Morgan fingerprint density at radius 3 is 2.59 bits per heavy atom. The Hall–Kier alpha value is -4.00. The van der Waals surface area contributed by atoms with Gasteiger partial charge < -0.3 is 24.4 Å². The maximum absolute atomic E-state index is 12.8. The number of hydrogen-bond donors (Lipinski definition) is 1. The van der Waals surface area contributed by atoms with Crippen LogP contribution in [0.15, 0.2) is 72.8 Å². The molecule has 1 N–H and O–H groups in total. The molecule has 32 heavy (non-hydrogen) atoms. The van der Waals surface area contributed by atoms with Crippen LogP contribution in [0.1, 0.15) is 17.3 Å². The Morgan fingerprint density at radius 2 is 1.81 bits per heavy atom. The molecule has 1 atom stereocenters. The number of methoxy groups -OCH3 is 1. The highest BCUT2D eigenvalue weighted by atomic mass is 16.5. The molecule has 0 aromatic heterocycles. The predicted octanol–water partition coefficient (Wildman–Crippen LogP) is 4.14. The number of ether oxygens (including phenoxy) is 3. The predicted molar refractivity (Wildman–Crippen MR) is 122 cm³/mol. The van der Waals surface area contributed by atoms with Crippen molar-refractivity contribution in [2.45, 2.75) is 13.0 Å². The molecule has 3 aromatic rings. The topological polar surface area (TPSA) is 77.1 Å². The second-order valence-electron chi connectivity index (χ2n) is 7.25. The van der Waals surface area contributed by atoms with Gasteiger partial charge in [0.1, 0.15) is 23.9 Å². The van der Waals surface area contributed by atoms with Crippen molar-refractivity contribution in [2.75, 3.05) is 30.5 Å². The number of hydrogen-bond acceptors (Lipinski definition) is 5. The summed E-state index contributed by atoms with van der Waals surface area (Å²) in [4.78, 5) is 27.2. The highest BCUT2D eigenvalue weighted by Gasteiger charge is 2.31. The van der Waals surface area contributed by atoms with E-state index in [0.29, 0.717) is 41.6 Å². The van der Waals surface area contributed by atoms with Crippen LogP contribution >= 0.6 is 0 Å². The first-order valence-electron chi connectivity index (χ1n) is 10.3. The second kappa shape index (κ2) is 9.43. The third-order valence-corrected chi connectivity index (χ3v) is 5.10. The normalized spacial score (nSPS) is 14.9. The van der Waals surface area contributed by atoms with E-state index in [1.807, 2.05) is 30.3 Å². The summed E-state index contributed by atoms with van der Waals surface area (Å²) in [7, 11) is 1.52. The SMILES string of the molecule is COc1ccccc1C(=O)Nc1ccc2c(c1)N(CCOc1ccccc1)C(=O)C(C)O2. The number of anilines is 2. The van der Waals surface area contributed by atoms with Crippen LogP contribution in [0.2, 0.25) is 0 Å². The Morgan fingerprint density at radius 1 is 1.06 bits per heavy atom. The molecule has 0 saturated carbocycles. The smallest absolute Gasteiger partial charge is 0.267 e. The molecule has 0 spiro atoms. The van der Waals surface area contributed by atoms with E-state index >= 15 is 0 Å². The van der Waals surface area contributed by atoms with Gasteiger partial charge in [0.2, 0.25) is 0 Å². The van der Waals surface area contributed by atoms with Crippen LogP contribution < -0.4 is 24.4 Å². The first kappa shape index (κ1) is 21.2. The number of nitrogens with zero attached hydrogens (tertiary/aromatic N) is 1. The lowest BCUT2D eigenvalue weighted by atomic mass is 10.1. The zero-order chi connectivity index (χ0) is 22.5. The first-order chi connectivity index (χ1) is 15.6. The third-order valence-electron chi connectivity index (χ3n) is 5.10. The van der Waals surface area contributed by atoms with Gasteiger partial charge in [-0.25, -0.2) is 0 Å². The van der Waals surface area contributed by atoms with Crippen molar-refractivity contribution < 1.29 is 23.8 Å². The van der Waals surface area contributed by atoms with E-state index in [2.05, 4.69) is 5.32 Å². The summed E-state index contributed by atoms with van der Waals surface area (Å²) >= 11 is 0. The Labute approximate surface area is 186 Å². The van der Waals surface area contributed by atoms with Gasteiger partial charge >= 0.3 is 0 Å². The van der Waals surface area contributed by atoms with E-state index in [1.165, 1.54) is 7.11 Å². The summed E-state index contributed by atoms with van der Waals surface area (Å²) in [5.74, 6) is 1.32. The van der Waals surface area contributed by atoms with Gasteiger partial charge in [0.25, 0.3) is 11.8 Å². The summed E-state index contributed by atoms with van der Waals surface area (Å²) in [5, 5.41) is 2.87. The summed E-state index contributed by atoms with van der Waals surface area (Å²) in [6, 6.07) is 21.6. The molecule has 1 heterocycles. The van der Waals surface area contributed by atoms with Crippen LogP contribution in [0, 0.1) is 0 Å². The molecule has 0 bridgehead atoms. The zero-order valence-electron chi connectivity index (χ0n) is 17.9. The van der Waals surface area contributed by atoms with Crippen molar-refractivity contribution in [1.82, 2.24) is 0 Å². The van der Waals surface area contributed by atoms with Crippen LogP contribution in [-0.2, 0) is 4.79 Å². The molecule has 1 aliphatic heterocycles. The molecule has 0 aliphatic carbocycles. The Balaban J connectivity index is 1.53. The Kier molecular flexibility index (Phi) is 6.26. The number of carbonyl (C=O) groups is 2. The molecule has 1 aliphatic rings. The average molecular weight is 432 g/mol. The lowest BCUT2D eigenvalue weighted by Gasteiger charge is -2.33. The monoisotopic (exact) mass is 432 g/mol. The summed E-state index contributed by atoms with van der Waals surface area (Å²) in [6.45, 7) is 2.38. The lowest BCUT2D eigenvalue weighted by Crippen LogP contribution is -2.46. The fourth-order valence-electron chi connectivity index (χ4n) is 3.52. The molecular formula is C25H24N2O5. The highest BCUT2D eigenvalue weighted by Crippen LogP contribution is 2.36. The number of nitrogens with one attached hydrogen (secondary N) is 1. The summed E-state index contributed by atoms with van der Waals surface area (Å²) in [5.41, 5.74) is 1.55. The van der Waals surface area contributed by atoms with Crippen molar-refractivity contribution in [3.63, 3.8) is 0 Å². The van der Waals surface area contributed by atoms with Crippen molar-refractivity contribution >= 4 is 23.2 Å². The van der Waals surface area contributed by atoms with Crippen molar-refractivity contribution in [3.05, 3.63) is 78.4 Å². The largest absolute Gasteiger partial charge is 0.496 e. The van der Waals surface area contributed by atoms with Gasteiger partial charge in [-0.1, -0.05) is 30.3 Å². The van der Waals surface area contributed by atoms with E-state index in [0.717, 1.165) is 5.75 Å². The second-order valence-corrected chi connectivity index (χ2v) is 7.25. The van der Waals surface area contributed by atoms with Crippen LogP contribution in [0.5, 0.6) is 17.2 Å². The summed E-state index contributed by atoms with van der Waals surface area (Å²) in [6.07, 6.45) is -0.603. The average Bonchev–Trinajstić information content (AvgIpc) is 2.82. The molecular weight excluding hydrogens is 408 g/mol. The van der Waals surface area contributed by atoms with Gasteiger partial charge in [-0.2, -0.15) is 0 Å². The van der Waals surface area contributed by atoms with Gasteiger partial charge in [0.05, 0.1) is 24.9 Å². The zero-order valence-corrected chi connectivity index (χ0v) is 17.9. The molecule has 0 radical (unpaired) electrons. The maximum Gasteiger partial charge on any atom is 0.267 e. The van der Waals surface area contributed by atoms with E-state index in [-0.39, 0.29) is 11.8 Å². The molecule has 3 aromatic carbocycles. The van der Waals surface area contributed by atoms with Gasteiger partial charge in [0, 0.05) is 5.69 Å². The minimum atomic E-state index is -0.603. The van der Waals surface area contributed by atoms with Gasteiger partial charge in [-0.05, 0) is 49.4 Å². The number of carbonyl (C=O) groups excluding carboxylic acids is 2.